The molecule has 0 spiro atoms. The second kappa shape index (κ2) is 7.92. The minimum atomic E-state index is -3.72. The summed E-state index contributed by atoms with van der Waals surface area (Å²) in [6, 6.07) is 11.0. The average molecular weight is 438 g/mol. The highest BCUT2D eigenvalue weighted by molar-refractivity contribution is 9.09. The molecule has 26 heavy (non-hydrogen) atoms. The van der Waals surface area contributed by atoms with Gasteiger partial charge in [0.2, 0.25) is 0 Å². The molecule has 1 heterocycles. The fourth-order valence-electron chi connectivity index (χ4n) is 3.05. The van der Waals surface area contributed by atoms with E-state index in [1.54, 1.807) is 36.5 Å². The van der Waals surface area contributed by atoms with Crippen molar-refractivity contribution in [1.82, 2.24) is 3.97 Å². The Balaban J connectivity index is 2.06. The number of rotatable bonds is 7. The minimum Gasteiger partial charge on any atom is -0.241 e. The molecule has 6 heteroatoms. The molecule has 2 aromatic carbocycles. The van der Waals surface area contributed by atoms with Crippen molar-refractivity contribution in [3.05, 3.63) is 65.6 Å². The zero-order valence-electron chi connectivity index (χ0n) is 14.6. The number of fused-ring (bicyclic) bond motifs is 1. The molecule has 0 unspecified atom stereocenters. The molecule has 1 aromatic heterocycles. The summed E-state index contributed by atoms with van der Waals surface area (Å²) in [5.74, 6) is -0.357. The Labute approximate surface area is 162 Å². The molecule has 0 radical (unpaired) electrons. The lowest BCUT2D eigenvalue weighted by atomic mass is 10.1. The molecule has 0 bridgehead atoms. The van der Waals surface area contributed by atoms with Crippen LogP contribution in [-0.2, 0) is 16.4 Å². The molecular weight excluding hydrogens is 417 g/mol. The Kier molecular flexibility index (Phi) is 5.82. The van der Waals surface area contributed by atoms with Gasteiger partial charge in [-0.25, -0.2) is 16.8 Å². The topological polar surface area (TPSA) is 39.1 Å². The minimum absolute atomic E-state index is 0.232. The molecule has 0 saturated carbocycles. The summed E-state index contributed by atoms with van der Waals surface area (Å²) in [6.45, 7) is 1.91. The standard InChI is InChI=1S/C20H21BrFNO2S/c1-15-6-9-18(10-7-15)26(24,25)23-14-16(5-3-2-4-12-21)19-13-17(22)8-11-20(19)23/h6-11,13-14H,2-5,12H2,1H3. The SMILES string of the molecule is Cc1ccc(S(=O)(=O)n2cc(CCCCCBr)c3cc(F)ccc32)cc1. The number of halogens is 2. The molecule has 138 valence electrons. The first-order valence-corrected chi connectivity index (χ1v) is 11.2. The van der Waals surface area contributed by atoms with Crippen LogP contribution in [0.25, 0.3) is 10.9 Å². The first kappa shape index (κ1) is 19.1. The van der Waals surface area contributed by atoms with Crippen molar-refractivity contribution < 1.29 is 12.8 Å². The molecule has 0 aliphatic heterocycles. The Morgan fingerprint density at radius 3 is 2.46 bits per heavy atom. The van der Waals surface area contributed by atoms with Crippen molar-refractivity contribution in [2.45, 2.75) is 37.5 Å². The third-order valence-corrected chi connectivity index (χ3v) is 6.72. The van der Waals surface area contributed by atoms with Gasteiger partial charge in [-0.3, -0.25) is 0 Å². The van der Waals surface area contributed by atoms with E-state index in [4.69, 9.17) is 0 Å². The molecule has 0 fully saturated rings. The van der Waals surface area contributed by atoms with Gasteiger partial charge in [0.25, 0.3) is 10.0 Å². The van der Waals surface area contributed by atoms with Crippen LogP contribution in [0.2, 0.25) is 0 Å². The average Bonchev–Trinajstić information content (AvgIpc) is 2.98. The van der Waals surface area contributed by atoms with Gasteiger partial charge in [0.15, 0.2) is 0 Å². The fourth-order valence-corrected chi connectivity index (χ4v) is 4.83. The highest BCUT2D eigenvalue weighted by Gasteiger charge is 2.21. The Bertz CT molecular complexity index is 1010. The van der Waals surface area contributed by atoms with E-state index in [2.05, 4.69) is 15.9 Å². The van der Waals surface area contributed by atoms with E-state index in [1.165, 1.54) is 16.1 Å². The second-order valence-corrected chi connectivity index (χ2v) is 9.04. The van der Waals surface area contributed by atoms with E-state index in [0.717, 1.165) is 42.1 Å². The molecule has 3 rings (SSSR count). The predicted molar refractivity (Wildman–Crippen MR) is 107 cm³/mol. The number of nitrogens with zero attached hydrogens (tertiary/aromatic N) is 1. The summed E-state index contributed by atoms with van der Waals surface area (Å²) in [5, 5.41) is 1.62. The van der Waals surface area contributed by atoms with Crippen LogP contribution in [0, 0.1) is 12.7 Å². The maximum absolute atomic E-state index is 13.8. The number of benzene rings is 2. The van der Waals surface area contributed by atoms with Gasteiger partial charge >= 0.3 is 0 Å². The third-order valence-electron chi connectivity index (χ3n) is 4.47. The van der Waals surface area contributed by atoms with Crippen LogP contribution in [0.4, 0.5) is 4.39 Å². The number of hydrogen-bond acceptors (Lipinski definition) is 2. The second-order valence-electron chi connectivity index (χ2n) is 6.43. The van der Waals surface area contributed by atoms with Crippen molar-refractivity contribution in [3.63, 3.8) is 0 Å². The lowest BCUT2D eigenvalue weighted by Gasteiger charge is -2.08. The van der Waals surface area contributed by atoms with Crippen LogP contribution in [-0.4, -0.2) is 17.7 Å². The van der Waals surface area contributed by atoms with E-state index in [0.29, 0.717) is 10.9 Å². The Morgan fingerprint density at radius 1 is 1.04 bits per heavy atom. The van der Waals surface area contributed by atoms with Crippen LogP contribution in [0.5, 0.6) is 0 Å². The number of aromatic nitrogens is 1. The Morgan fingerprint density at radius 2 is 1.77 bits per heavy atom. The van der Waals surface area contributed by atoms with Crippen molar-refractivity contribution in [2.75, 3.05) is 5.33 Å². The van der Waals surface area contributed by atoms with E-state index in [9.17, 15) is 12.8 Å². The number of aryl methyl sites for hydroxylation is 2. The summed E-state index contributed by atoms with van der Waals surface area (Å²) < 4.78 is 41.2. The predicted octanol–water partition coefficient (Wildman–Crippen LogP) is 5.43. The van der Waals surface area contributed by atoms with Crippen molar-refractivity contribution in [2.24, 2.45) is 0 Å². The maximum atomic E-state index is 13.8. The van der Waals surface area contributed by atoms with Crippen molar-refractivity contribution >= 4 is 36.9 Å². The van der Waals surface area contributed by atoms with Crippen molar-refractivity contribution in [1.29, 1.82) is 0 Å². The summed E-state index contributed by atoms with van der Waals surface area (Å²) >= 11 is 3.41. The molecule has 0 aliphatic carbocycles. The summed E-state index contributed by atoms with van der Waals surface area (Å²) in [6.07, 6.45) is 5.41. The monoisotopic (exact) mass is 437 g/mol. The Hall–Kier alpha value is -1.66. The summed E-state index contributed by atoms with van der Waals surface area (Å²) in [4.78, 5) is 0.232. The first-order chi connectivity index (χ1) is 12.4. The molecule has 3 aromatic rings. The van der Waals surface area contributed by atoms with Gasteiger partial charge in [-0.1, -0.05) is 40.0 Å². The summed E-state index contributed by atoms with van der Waals surface area (Å²) in [7, 11) is -3.72. The zero-order valence-corrected chi connectivity index (χ0v) is 17.0. The zero-order chi connectivity index (χ0) is 18.7. The van der Waals surface area contributed by atoms with E-state index >= 15 is 0 Å². The fraction of sp³-hybridized carbons (Fsp3) is 0.300. The molecular formula is C20H21BrFNO2S. The molecule has 0 aliphatic rings. The summed E-state index contributed by atoms with van der Waals surface area (Å²) in [5.41, 5.74) is 2.38. The molecule has 0 atom stereocenters. The van der Waals surface area contributed by atoms with Gasteiger partial charge in [-0.2, -0.15) is 0 Å². The number of hydrogen-bond donors (Lipinski definition) is 0. The lowest BCUT2D eigenvalue weighted by molar-refractivity contribution is 0.588. The quantitative estimate of drug-likeness (QED) is 0.364. The van der Waals surface area contributed by atoms with Gasteiger partial charge in [0, 0.05) is 16.9 Å². The molecule has 0 saturated heterocycles. The largest absolute Gasteiger partial charge is 0.268 e. The molecule has 0 N–H and O–H groups in total. The first-order valence-electron chi connectivity index (χ1n) is 8.61. The van der Waals surface area contributed by atoms with E-state index in [-0.39, 0.29) is 10.7 Å². The van der Waals surface area contributed by atoms with Crippen LogP contribution >= 0.6 is 15.9 Å². The van der Waals surface area contributed by atoms with Gasteiger partial charge in [0.05, 0.1) is 10.4 Å². The van der Waals surface area contributed by atoms with Crippen LogP contribution in [0.1, 0.15) is 30.4 Å². The lowest BCUT2D eigenvalue weighted by Crippen LogP contribution is -2.11. The highest BCUT2D eigenvalue weighted by Crippen LogP contribution is 2.28. The normalized spacial score (nSPS) is 12.0. The third kappa shape index (κ3) is 3.86. The molecule has 3 nitrogen and oxygen atoms in total. The van der Waals surface area contributed by atoms with E-state index < -0.39 is 10.0 Å². The van der Waals surface area contributed by atoms with Crippen molar-refractivity contribution in [3.8, 4) is 0 Å². The van der Waals surface area contributed by atoms with Crippen LogP contribution in [0.3, 0.4) is 0 Å². The number of alkyl halides is 1. The highest BCUT2D eigenvalue weighted by atomic mass is 79.9. The van der Waals surface area contributed by atoms with Crippen LogP contribution in [0.15, 0.2) is 53.6 Å². The van der Waals surface area contributed by atoms with Gasteiger partial charge in [-0.15, -0.1) is 0 Å². The van der Waals surface area contributed by atoms with E-state index in [1.807, 2.05) is 6.92 Å². The molecule has 0 amide bonds. The smallest absolute Gasteiger partial charge is 0.241 e. The maximum Gasteiger partial charge on any atom is 0.268 e. The van der Waals surface area contributed by atoms with Gasteiger partial charge < -0.3 is 0 Å². The van der Waals surface area contributed by atoms with Gasteiger partial charge in [-0.05, 0) is 62.1 Å². The van der Waals surface area contributed by atoms with Crippen LogP contribution < -0.4 is 0 Å². The number of unbranched alkanes of at least 4 members (excludes halogenated alkanes) is 2. The van der Waals surface area contributed by atoms with Gasteiger partial charge in [0.1, 0.15) is 5.82 Å².